The third-order valence-electron chi connectivity index (χ3n) is 3.64. The van der Waals surface area contributed by atoms with Crippen LogP contribution in [0.25, 0.3) is 0 Å². The molecule has 2 aliphatic heterocycles. The molecule has 2 unspecified atom stereocenters. The number of hydrogen-bond acceptors (Lipinski definition) is 7. The van der Waals surface area contributed by atoms with Crippen molar-refractivity contribution in [1.82, 2.24) is 0 Å². The van der Waals surface area contributed by atoms with E-state index < -0.39 is 10.8 Å². The van der Waals surface area contributed by atoms with Crippen molar-refractivity contribution in [2.45, 2.75) is 39.9 Å². The molecule has 0 bridgehead atoms. The highest BCUT2D eigenvalue weighted by Gasteiger charge is 2.35. The molecule has 23 heavy (non-hydrogen) atoms. The highest BCUT2D eigenvalue weighted by Crippen LogP contribution is 2.30. The van der Waals surface area contributed by atoms with E-state index in [-0.39, 0.29) is 24.1 Å². The van der Waals surface area contributed by atoms with Crippen LogP contribution in [0, 0.1) is 10.8 Å². The molecule has 132 valence electrons. The second kappa shape index (κ2) is 7.40. The van der Waals surface area contributed by atoms with Gasteiger partial charge in [0.05, 0.1) is 24.0 Å². The number of rotatable bonds is 10. The van der Waals surface area contributed by atoms with Gasteiger partial charge in [-0.3, -0.25) is 9.59 Å². The van der Waals surface area contributed by atoms with Gasteiger partial charge in [0, 0.05) is 11.5 Å². The van der Waals surface area contributed by atoms with E-state index >= 15 is 0 Å². The van der Waals surface area contributed by atoms with Gasteiger partial charge >= 0.3 is 11.9 Å². The maximum atomic E-state index is 12.1. The lowest BCUT2D eigenvalue weighted by Gasteiger charge is -2.26. The Morgan fingerprint density at radius 3 is 1.57 bits per heavy atom. The molecule has 0 aliphatic carbocycles. The van der Waals surface area contributed by atoms with Gasteiger partial charge < -0.3 is 18.9 Å². The Balaban J connectivity index is 1.67. The van der Waals surface area contributed by atoms with Gasteiger partial charge in [0.15, 0.2) is 0 Å². The smallest absolute Gasteiger partial charge is 0.312 e. The predicted octanol–water partition coefficient (Wildman–Crippen LogP) is 1.66. The summed E-state index contributed by atoms with van der Waals surface area (Å²) in [5, 5.41) is 0. The Bertz CT molecular complexity index is 400. The molecule has 0 radical (unpaired) electrons. The van der Waals surface area contributed by atoms with Crippen molar-refractivity contribution in [3.05, 3.63) is 0 Å². The lowest BCUT2D eigenvalue weighted by Crippen LogP contribution is -2.33. The molecular weight excluding hydrogens is 320 g/mol. The largest absolute Gasteiger partial charge is 0.462 e. The van der Waals surface area contributed by atoms with Crippen LogP contribution in [0.1, 0.15) is 27.7 Å². The summed E-state index contributed by atoms with van der Waals surface area (Å²) in [6.45, 7) is 9.41. The van der Waals surface area contributed by atoms with Gasteiger partial charge in [-0.1, -0.05) is 0 Å². The molecule has 6 nitrogen and oxygen atoms in total. The number of hydrogen-bond donors (Lipinski definition) is 0. The summed E-state index contributed by atoms with van der Waals surface area (Å²) >= 11 is 1.56. The minimum absolute atomic E-state index is 0.0755. The number of epoxide rings is 2. The molecule has 0 aromatic carbocycles. The molecular formula is C16H26O6S. The number of ether oxygens (including phenoxy) is 4. The second-order valence-electron chi connectivity index (χ2n) is 7.37. The molecule has 0 amide bonds. The van der Waals surface area contributed by atoms with E-state index in [1.54, 1.807) is 11.8 Å². The molecule has 0 saturated carbocycles. The lowest BCUT2D eigenvalue weighted by molar-refractivity contribution is -0.153. The van der Waals surface area contributed by atoms with Crippen LogP contribution >= 0.6 is 11.8 Å². The van der Waals surface area contributed by atoms with Crippen LogP contribution in [0.5, 0.6) is 0 Å². The van der Waals surface area contributed by atoms with Gasteiger partial charge in [0.25, 0.3) is 0 Å². The topological polar surface area (TPSA) is 77.7 Å². The highest BCUT2D eigenvalue weighted by atomic mass is 32.2. The van der Waals surface area contributed by atoms with Gasteiger partial charge in [0.2, 0.25) is 0 Å². The summed E-state index contributed by atoms with van der Waals surface area (Å²) in [5.41, 5.74) is -1.19. The molecule has 0 spiro atoms. The molecule has 7 heteroatoms. The molecule has 0 aromatic heterocycles. The Morgan fingerprint density at radius 1 is 0.913 bits per heavy atom. The number of carbonyl (C=O) groups is 2. The number of esters is 2. The van der Waals surface area contributed by atoms with Crippen molar-refractivity contribution >= 4 is 23.7 Å². The minimum Gasteiger partial charge on any atom is -0.462 e. The summed E-state index contributed by atoms with van der Waals surface area (Å²) < 4.78 is 20.6. The van der Waals surface area contributed by atoms with Gasteiger partial charge in [0.1, 0.15) is 25.4 Å². The monoisotopic (exact) mass is 346 g/mol. The molecule has 2 saturated heterocycles. The van der Waals surface area contributed by atoms with Crippen LogP contribution in [-0.4, -0.2) is 62.1 Å². The minimum atomic E-state index is -0.596. The first-order chi connectivity index (χ1) is 10.7. The lowest BCUT2D eigenvalue weighted by atomic mass is 9.96. The summed E-state index contributed by atoms with van der Waals surface area (Å²) in [4.78, 5) is 24.1. The Labute approximate surface area is 141 Å². The Hall–Kier alpha value is -0.790. The van der Waals surface area contributed by atoms with Crippen LogP contribution < -0.4 is 0 Å². The first kappa shape index (κ1) is 18.5. The second-order valence-corrected chi connectivity index (χ2v) is 8.35. The van der Waals surface area contributed by atoms with E-state index in [1.165, 1.54) is 0 Å². The van der Waals surface area contributed by atoms with Crippen LogP contribution in [0.3, 0.4) is 0 Å². The molecule has 2 rings (SSSR count). The van der Waals surface area contributed by atoms with Crippen molar-refractivity contribution in [1.29, 1.82) is 0 Å². The average Bonchev–Trinajstić information content (AvgIpc) is 3.36. The fourth-order valence-corrected chi connectivity index (χ4v) is 3.09. The highest BCUT2D eigenvalue weighted by molar-refractivity contribution is 7.99. The van der Waals surface area contributed by atoms with Crippen molar-refractivity contribution in [3.63, 3.8) is 0 Å². The Morgan fingerprint density at radius 2 is 1.26 bits per heavy atom. The predicted molar refractivity (Wildman–Crippen MR) is 86.3 cm³/mol. The van der Waals surface area contributed by atoms with Crippen molar-refractivity contribution < 1.29 is 28.5 Å². The maximum absolute atomic E-state index is 12.1. The number of carbonyl (C=O) groups excluding carboxylic acids is 2. The zero-order valence-corrected chi connectivity index (χ0v) is 15.1. The van der Waals surface area contributed by atoms with Crippen molar-refractivity contribution in [2.24, 2.45) is 10.8 Å². The van der Waals surface area contributed by atoms with E-state index in [9.17, 15) is 9.59 Å². The average molecular weight is 346 g/mol. The maximum Gasteiger partial charge on any atom is 0.312 e. The third-order valence-corrected chi connectivity index (χ3v) is 5.49. The molecule has 0 N–H and O–H groups in total. The van der Waals surface area contributed by atoms with E-state index in [2.05, 4.69) is 0 Å². The van der Waals surface area contributed by atoms with E-state index in [0.29, 0.717) is 37.9 Å². The van der Waals surface area contributed by atoms with Crippen LogP contribution in [0.4, 0.5) is 0 Å². The van der Waals surface area contributed by atoms with E-state index in [4.69, 9.17) is 18.9 Å². The fourth-order valence-electron chi connectivity index (χ4n) is 1.74. The van der Waals surface area contributed by atoms with E-state index in [0.717, 1.165) is 0 Å². The van der Waals surface area contributed by atoms with Gasteiger partial charge in [-0.05, 0) is 27.7 Å². The summed E-state index contributed by atoms with van der Waals surface area (Å²) in [6.07, 6.45) is 0.151. The quantitative estimate of drug-likeness (QED) is 0.440. The first-order valence-electron chi connectivity index (χ1n) is 7.86. The summed E-state index contributed by atoms with van der Waals surface area (Å²) in [6, 6.07) is 0. The van der Waals surface area contributed by atoms with Crippen molar-refractivity contribution in [3.8, 4) is 0 Å². The fraction of sp³-hybridized carbons (Fsp3) is 0.875. The standard InChI is InChI=1S/C16H26O6S/c1-15(2,13(17)21-7-11-5-19-11)9-23-10-16(3,4)14(18)22-8-12-6-20-12/h11-12H,5-10H2,1-4H3. The molecule has 0 aromatic rings. The molecule has 2 fully saturated rings. The van der Waals surface area contributed by atoms with Crippen molar-refractivity contribution in [2.75, 3.05) is 37.9 Å². The van der Waals surface area contributed by atoms with E-state index in [1.807, 2.05) is 27.7 Å². The molecule has 2 heterocycles. The molecule has 2 aliphatic rings. The zero-order chi connectivity index (χ0) is 17.1. The van der Waals surface area contributed by atoms with Crippen LogP contribution in [0.15, 0.2) is 0 Å². The van der Waals surface area contributed by atoms with Crippen LogP contribution in [0.2, 0.25) is 0 Å². The first-order valence-corrected chi connectivity index (χ1v) is 9.01. The zero-order valence-electron chi connectivity index (χ0n) is 14.3. The summed E-state index contributed by atoms with van der Waals surface area (Å²) in [7, 11) is 0. The third kappa shape index (κ3) is 6.31. The summed E-state index contributed by atoms with van der Waals surface area (Å²) in [5.74, 6) is 0.707. The Kier molecular flexibility index (Phi) is 5.97. The number of thioether (sulfide) groups is 1. The van der Waals surface area contributed by atoms with Gasteiger partial charge in [-0.25, -0.2) is 0 Å². The normalized spacial score (nSPS) is 23.3. The molecule has 2 atom stereocenters. The van der Waals surface area contributed by atoms with Gasteiger partial charge in [-0.2, -0.15) is 11.8 Å². The SMILES string of the molecule is CC(C)(CSCC(C)(C)C(=O)OCC1CO1)C(=O)OCC1CO1. The van der Waals surface area contributed by atoms with Gasteiger partial charge in [-0.15, -0.1) is 0 Å². The van der Waals surface area contributed by atoms with Crippen LogP contribution in [-0.2, 0) is 28.5 Å².